The number of fused-ring (bicyclic) bond motifs is 2. The van der Waals surface area contributed by atoms with Crippen LogP contribution in [0.5, 0.6) is 5.75 Å². The van der Waals surface area contributed by atoms with Crippen LogP contribution in [-0.2, 0) is 4.74 Å². The van der Waals surface area contributed by atoms with E-state index < -0.39 is 6.04 Å². The van der Waals surface area contributed by atoms with Crippen molar-refractivity contribution >= 4 is 16.9 Å². The van der Waals surface area contributed by atoms with Gasteiger partial charge in [0.05, 0.1) is 36.8 Å². The van der Waals surface area contributed by atoms with Gasteiger partial charge in [-0.15, -0.1) is 0 Å². The number of rotatable bonds is 9. The summed E-state index contributed by atoms with van der Waals surface area (Å²) in [5, 5.41) is 0.519. The van der Waals surface area contributed by atoms with E-state index in [9.17, 15) is 9.59 Å². The van der Waals surface area contributed by atoms with Crippen molar-refractivity contribution in [2.45, 2.75) is 46.1 Å². The summed E-state index contributed by atoms with van der Waals surface area (Å²) in [6.07, 6.45) is 2.82. The lowest BCUT2D eigenvalue weighted by Gasteiger charge is -2.29. The van der Waals surface area contributed by atoms with Gasteiger partial charge in [0.25, 0.3) is 5.91 Å². The molecule has 1 atom stereocenters. The first kappa shape index (κ1) is 25.5. The van der Waals surface area contributed by atoms with Crippen molar-refractivity contribution in [1.82, 2.24) is 9.80 Å². The van der Waals surface area contributed by atoms with E-state index in [1.807, 2.05) is 50.2 Å². The maximum Gasteiger partial charge on any atom is 0.290 e. The lowest BCUT2D eigenvalue weighted by molar-refractivity contribution is 0.0353. The zero-order valence-corrected chi connectivity index (χ0v) is 22.0. The second kappa shape index (κ2) is 11.1. The molecule has 1 fully saturated rings. The Bertz CT molecular complexity index is 1340. The third-order valence-corrected chi connectivity index (χ3v) is 7.50. The number of hydrogen-bond donors (Lipinski definition) is 0. The van der Waals surface area contributed by atoms with E-state index >= 15 is 0 Å². The summed E-state index contributed by atoms with van der Waals surface area (Å²) < 4.78 is 17.6. The number of hydrogen-bond acceptors (Lipinski definition) is 6. The number of nitrogens with zero attached hydrogens (tertiary/aromatic N) is 2. The topological polar surface area (TPSA) is 72.2 Å². The predicted molar refractivity (Wildman–Crippen MR) is 144 cm³/mol. The van der Waals surface area contributed by atoms with Gasteiger partial charge in [0.2, 0.25) is 5.76 Å². The van der Waals surface area contributed by atoms with Crippen molar-refractivity contribution in [2.75, 3.05) is 46.0 Å². The number of carbonyl (C=O) groups excluding carboxylic acids is 1. The Kier molecular flexibility index (Phi) is 7.63. The summed E-state index contributed by atoms with van der Waals surface area (Å²) in [6.45, 7) is 11.4. The molecule has 0 bridgehead atoms. The fourth-order valence-electron chi connectivity index (χ4n) is 5.25. The Morgan fingerprint density at radius 1 is 1.00 bits per heavy atom. The van der Waals surface area contributed by atoms with E-state index in [0.717, 1.165) is 74.6 Å². The zero-order chi connectivity index (χ0) is 25.9. The summed E-state index contributed by atoms with van der Waals surface area (Å²) in [4.78, 5) is 31.8. The Morgan fingerprint density at radius 3 is 2.57 bits per heavy atom. The van der Waals surface area contributed by atoms with Crippen molar-refractivity contribution in [3.05, 3.63) is 74.6 Å². The molecule has 1 amide bonds. The Morgan fingerprint density at radius 2 is 1.78 bits per heavy atom. The monoisotopic (exact) mass is 504 g/mol. The van der Waals surface area contributed by atoms with E-state index in [4.69, 9.17) is 13.9 Å². The molecule has 2 aliphatic heterocycles. The molecule has 7 heteroatoms. The Balaban J connectivity index is 1.53. The van der Waals surface area contributed by atoms with Gasteiger partial charge in [-0.1, -0.05) is 25.5 Å². The van der Waals surface area contributed by atoms with Gasteiger partial charge in [0.15, 0.2) is 5.43 Å². The zero-order valence-electron chi connectivity index (χ0n) is 22.0. The van der Waals surface area contributed by atoms with Crippen molar-refractivity contribution in [3.8, 4) is 5.75 Å². The van der Waals surface area contributed by atoms with Crippen LogP contribution in [0.2, 0.25) is 0 Å². The molecule has 0 spiro atoms. The summed E-state index contributed by atoms with van der Waals surface area (Å²) in [5.74, 6) is 0.683. The van der Waals surface area contributed by atoms with Crippen molar-refractivity contribution in [3.63, 3.8) is 0 Å². The third kappa shape index (κ3) is 5.15. The standard InChI is InChI=1S/C30H36N2O5/c1-4-5-14-36-23-9-6-8-22(19-23)27-26-28(33)24-17-20(2)21(3)18-25(24)37-29(26)30(34)32(27)11-7-10-31-12-15-35-16-13-31/h6,8-9,17-19,27H,4-5,7,10-16H2,1-3H3/t27-/m1/s1. The fourth-order valence-corrected chi connectivity index (χ4v) is 5.25. The SMILES string of the molecule is CCCCOc1cccc([C@@H]2c3c(oc4cc(C)c(C)cc4c3=O)C(=O)N2CCCN2CCOCC2)c1. The number of amides is 1. The number of ether oxygens (including phenoxy) is 2. The number of aryl methyl sites for hydroxylation is 2. The molecule has 5 rings (SSSR count). The Labute approximate surface area is 218 Å². The number of unbranched alkanes of at least 4 members (excludes halogenated alkanes) is 1. The van der Waals surface area contributed by atoms with Gasteiger partial charge in [-0.25, -0.2) is 0 Å². The van der Waals surface area contributed by atoms with Gasteiger partial charge >= 0.3 is 0 Å². The summed E-state index contributed by atoms with van der Waals surface area (Å²) in [5.41, 5.74) is 3.67. The van der Waals surface area contributed by atoms with E-state index in [1.54, 1.807) is 4.90 Å². The average Bonchev–Trinajstić information content (AvgIpc) is 3.18. The van der Waals surface area contributed by atoms with Gasteiger partial charge in [-0.3, -0.25) is 14.5 Å². The van der Waals surface area contributed by atoms with Gasteiger partial charge in [-0.2, -0.15) is 0 Å². The lowest BCUT2D eigenvalue weighted by atomic mass is 9.97. The molecule has 2 aliphatic rings. The summed E-state index contributed by atoms with van der Waals surface area (Å²) in [7, 11) is 0. The minimum Gasteiger partial charge on any atom is -0.494 e. The molecule has 7 nitrogen and oxygen atoms in total. The molecule has 37 heavy (non-hydrogen) atoms. The lowest BCUT2D eigenvalue weighted by Crippen LogP contribution is -2.38. The van der Waals surface area contributed by atoms with Gasteiger partial charge in [0.1, 0.15) is 11.3 Å². The fraction of sp³-hybridized carbons (Fsp3) is 0.467. The number of morpholine rings is 1. The first-order valence-electron chi connectivity index (χ1n) is 13.4. The van der Waals surface area contributed by atoms with Crippen LogP contribution >= 0.6 is 0 Å². The number of carbonyl (C=O) groups is 1. The predicted octanol–water partition coefficient (Wildman–Crippen LogP) is 4.86. The van der Waals surface area contributed by atoms with Gasteiger partial charge in [0, 0.05) is 26.2 Å². The highest BCUT2D eigenvalue weighted by Gasteiger charge is 2.42. The highest BCUT2D eigenvalue weighted by atomic mass is 16.5. The molecule has 0 aliphatic carbocycles. The van der Waals surface area contributed by atoms with Crippen LogP contribution in [0.1, 0.15) is 65.0 Å². The van der Waals surface area contributed by atoms with E-state index in [-0.39, 0.29) is 17.1 Å². The summed E-state index contributed by atoms with van der Waals surface area (Å²) >= 11 is 0. The maximum absolute atomic E-state index is 13.9. The van der Waals surface area contributed by atoms with E-state index in [2.05, 4.69) is 11.8 Å². The molecule has 0 saturated carbocycles. The first-order valence-corrected chi connectivity index (χ1v) is 13.4. The maximum atomic E-state index is 13.9. The molecule has 0 N–H and O–H groups in total. The Hall–Kier alpha value is -3.16. The molecule has 0 radical (unpaired) electrons. The molecule has 2 aromatic carbocycles. The van der Waals surface area contributed by atoms with Gasteiger partial charge < -0.3 is 18.8 Å². The molecule has 3 heterocycles. The van der Waals surface area contributed by atoms with Gasteiger partial charge in [-0.05, 0) is 67.6 Å². The van der Waals surface area contributed by atoms with Crippen LogP contribution < -0.4 is 10.2 Å². The largest absolute Gasteiger partial charge is 0.494 e. The van der Waals surface area contributed by atoms with Crippen LogP contribution in [0.25, 0.3) is 11.0 Å². The van der Waals surface area contributed by atoms with Crippen LogP contribution in [0.3, 0.4) is 0 Å². The van der Waals surface area contributed by atoms with Crippen LogP contribution in [-0.4, -0.2) is 61.7 Å². The van der Waals surface area contributed by atoms with E-state index in [1.165, 1.54) is 0 Å². The highest BCUT2D eigenvalue weighted by Crippen LogP contribution is 2.39. The highest BCUT2D eigenvalue weighted by molar-refractivity contribution is 5.99. The first-order chi connectivity index (χ1) is 18.0. The quantitative estimate of drug-likeness (QED) is 0.388. The van der Waals surface area contributed by atoms with Crippen LogP contribution in [0.4, 0.5) is 0 Å². The van der Waals surface area contributed by atoms with Crippen molar-refractivity contribution < 1.29 is 18.7 Å². The normalized spacial score (nSPS) is 18.0. The second-order valence-electron chi connectivity index (χ2n) is 10.1. The molecule has 3 aromatic rings. The third-order valence-electron chi connectivity index (χ3n) is 7.50. The molecule has 1 aromatic heterocycles. The summed E-state index contributed by atoms with van der Waals surface area (Å²) in [6, 6.07) is 11.0. The second-order valence-corrected chi connectivity index (χ2v) is 10.1. The molecular formula is C30H36N2O5. The van der Waals surface area contributed by atoms with Crippen molar-refractivity contribution in [1.29, 1.82) is 0 Å². The average molecular weight is 505 g/mol. The molecule has 1 saturated heterocycles. The van der Waals surface area contributed by atoms with Crippen molar-refractivity contribution in [2.24, 2.45) is 0 Å². The minimum atomic E-state index is -0.510. The molecular weight excluding hydrogens is 468 g/mol. The smallest absolute Gasteiger partial charge is 0.290 e. The van der Waals surface area contributed by atoms with Crippen LogP contribution in [0.15, 0.2) is 45.6 Å². The van der Waals surface area contributed by atoms with E-state index in [0.29, 0.717) is 29.7 Å². The van der Waals surface area contributed by atoms with Crippen LogP contribution in [0, 0.1) is 13.8 Å². The molecule has 0 unspecified atom stereocenters. The number of benzene rings is 2. The molecule has 196 valence electrons. The minimum absolute atomic E-state index is 0.134.